The molecule has 1 fully saturated rings. The highest BCUT2D eigenvalue weighted by molar-refractivity contribution is 5.84. The normalized spacial score (nSPS) is 14.9. The van der Waals surface area contributed by atoms with Crippen molar-refractivity contribution in [1.29, 1.82) is 0 Å². The van der Waals surface area contributed by atoms with Gasteiger partial charge in [-0.15, -0.1) is 0 Å². The van der Waals surface area contributed by atoms with E-state index in [0.717, 1.165) is 11.9 Å². The topological polar surface area (TPSA) is 36.1 Å². The standard InChI is InChI=1S/C15H18N2O/c1-17(12-7-8-12)15(18)9-6-11-10-16-14-5-3-2-4-13(11)14/h2-5,10,12,16H,6-9H2,1H3. The van der Waals surface area contributed by atoms with E-state index in [1.165, 1.54) is 23.8 Å². The van der Waals surface area contributed by atoms with E-state index in [0.29, 0.717) is 12.5 Å². The summed E-state index contributed by atoms with van der Waals surface area (Å²) < 4.78 is 0. The fourth-order valence-corrected chi connectivity index (χ4v) is 2.42. The van der Waals surface area contributed by atoms with Crippen LogP contribution in [0.25, 0.3) is 10.9 Å². The molecule has 0 atom stereocenters. The first-order valence-corrected chi connectivity index (χ1v) is 6.56. The minimum absolute atomic E-state index is 0.266. The lowest BCUT2D eigenvalue weighted by Gasteiger charge is -2.15. The molecular weight excluding hydrogens is 224 g/mol. The maximum Gasteiger partial charge on any atom is 0.222 e. The molecule has 1 aromatic carbocycles. The van der Waals surface area contributed by atoms with Crippen LogP contribution in [0.1, 0.15) is 24.8 Å². The smallest absolute Gasteiger partial charge is 0.222 e. The summed E-state index contributed by atoms with van der Waals surface area (Å²) >= 11 is 0. The Kier molecular flexibility index (Phi) is 2.82. The summed E-state index contributed by atoms with van der Waals surface area (Å²) in [4.78, 5) is 17.1. The fraction of sp³-hybridized carbons (Fsp3) is 0.400. The highest BCUT2D eigenvalue weighted by Crippen LogP contribution is 2.26. The molecule has 1 heterocycles. The fourth-order valence-electron chi connectivity index (χ4n) is 2.42. The first-order chi connectivity index (χ1) is 8.75. The Morgan fingerprint density at radius 3 is 2.94 bits per heavy atom. The molecule has 0 bridgehead atoms. The predicted octanol–water partition coefficient (Wildman–Crippen LogP) is 2.72. The van der Waals surface area contributed by atoms with Crippen molar-refractivity contribution in [3.63, 3.8) is 0 Å². The van der Waals surface area contributed by atoms with Crippen LogP contribution in [0.4, 0.5) is 0 Å². The van der Waals surface area contributed by atoms with Gasteiger partial charge in [-0.1, -0.05) is 18.2 Å². The van der Waals surface area contributed by atoms with Crippen LogP contribution in [-0.2, 0) is 11.2 Å². The quantitative estimate of drug-likeness (QED) is 0.879. The highest BCUT2D eigenvalue weighted by Gasteiger charge is 2.29. The Labute approximate surface area is 107 Å². The minimum atomic E-state index is 0.266. The number of rotatable bonds is 4. The lowest BCUT2D eigenvalue weighted by Crippen LogP contribution is -2.28. The summed E-state index contributed by atoms with van der Waals surface area (Å²) in [6.07, 6.45) is 5.80. The Bertz CT molecular complexity index is 569. The van der Waals surface area contributed by atoms with Crippen LogP contribution in [0.15, 0.2) is 30.5 Å². The molecule has 18 heavy (non-hydrogen) atoms. The number of carbonyl (C=O) groups excluding carboxylic acids is 1. The van der Waals surface area contributed by atoms with E-state index in [1.807, 2.05) is 30.3 Å². The summed E-state index contributed by atoms with van der Waals surface area (Å²) in [7, 11) is 1.93. The molecular formula is C15H18N2O. The number of fused-ring (bicyclic) bond motifs is 1. The predicted molar refractivity (Wildman–Crippen MR) is 72.4 cm³/mol. The summed E-state index contributed by atoms with van der Waals surface area (Å²) in [6.45, 7) is 0. The van der Waals surface area contributed by atoms with Gasteiger partial charge in [0.25, 0.3) is 0 Å². The number of para-hydroxylation sites is 1. The number of benzene rings is 1. The second kappa shape index (κ2) is 4.48. The average molecular weight is 242 g/mol. The van der Waals surface area contributed by atoms with Gasteiger partial charge >= 0.3 is 0 Å². The van der Waals surface area contributed by atoms with Crippen LogP contribution < -0.4 is 0 Å². The van der Waals surface area contributed by atoms with E-state index in [2.05, 4.69) is 17.1 Å². The van der Waals surface area contributed by atoms with Crippen molar-refractivity contribution >= 4 is 16.8 Å². The van der Waals surface area contributed by atoms with Crippen LogP contribution in [0.5, 0.6) is 0 Å². The number of aryl methyl sites for hydroxylation is 1. The Balaban J connectivity index is 1.67. The third-order valence-electron chi connectivity index (χ3n) is 3.77. The number of hydrogen-bond acceptors (Lipinski definition) is 1. The monoisotopic (exact) mass is 242 g/mol. The number of aromatic amines is 1. The molecule has 0 spiro atoms. The Morgan fingerprint density at radius 1 is 1.39 bits per heavy atom. The van der Waals surface area contributed by atoms with Gasteiger partial charge in [-0.3, -0.25) is 4.79 Å². The zero-order valence-corrected chi connectivity index (χ0v) is 10.6. The minimum Gasteiger partial charge on any atom is -0.361 e. The molecule has 0 saturated heterocycles. The van der Waals surface area contributed by atoms with Crippen LogP contribution in [-0.4, -0.2) is 28.9 Å². The maximum absolute atomic E-state index is 12.0. The number of amides is 1. The summed E-state index contributed by atoms with van der Waals surface area (Å²) in [5.41, 5.74) is 2.39. The molecule has 1 aromatic heterocycles. The zero-order chi connectivity index (χ0) is 12.5. The second-order valence-electron chi connectivity index (χ2n) is 5.10. The third-order valence-corrected chi connectivity index (χ3v) is 3.77. The van der Waals surface area contributed by atoms with Crippen LogP contribution >= 0.6 is 0 Å². The molecule has 1 N–H and O–H groups in total. The SMILES string of the molecule is CN(C(=O)CCc1c[nH]c2ccccc12)C1CC1. The van der Waals surface area contributed by atoms with Crippen LogP contribution in [0.3, 0.4) is 0 Å². The number of nitrogens with zero attached hydrogens (tertiary/aromatic N) is 1. The molecule has 94 valence electrons. The van der Waals surface area contributed by atoms with E-state index in [1.54, 1.807) is 0 Å². The molecule has 1 aliphatic rings. The number of hydrogen-bond donors (Lipinski definition) is 1. The van der Waals surface area contributed by atoms with Gasteiger partial charge in [-0.05, 0) is 30.9 Å². The van der Waals surface area contributed by atoms with Crippen molar-refractivity contribution < 1.29 is 4.79 Å². The van der Waals surface area contributed by atoms with Gasteiger partial charge in [0.05, 0.1) is 0 Å². The van der Waals surface area contributed by atoms with Gasteiger partial charge in [-0.25, -0.2) is 0 Å². The molecule has 3 heteroatoms. The lowest BCUT2D eigenvalue weighted by atomic mass is 10.1. The molecule has 2 aromatic rings. The summed E-state index contributed by atoms with van der Waals surface area (Å²) in [5.74, 6) is 0.266. The second-order valence-corrected chi connectivity index (χ2v) is 5.10. The van der Waals surface area contributed by atoms with Crippen molar-refractivity contribution in [2.24, 2.45) is 0 Å². The third kappa shape index (κ3) is 2.13. The molecule has 1 aliphatic carbocycles. The molecule has 1 saturated carbocycles. The zero-order valence-electron chi connectivity index (χ0n) is 10.6. The average Bonchev–Trinajstić information content (AvgIpc) is 3.16. The van der Waals surface area contributed by atoms with Crippen molar-refractivity contribution in [1.82, 2.24) is 9.88 Å². The maximum atomic E-state index is 12.0. The lowest BCUT2D eigenvalue weighted by molar-refractivity contribution is -0.130. The van der Waals surface area contributed by atoms with Crippen molar-refractivity contribution in [2.75, 3.05) is 7.05 Å². The van der Waals surface area contributed by atoms with Crippen molar-refractivity contribution in [3.05, 3.63) is 36.0 Å². The van der Waals surface area contributed by atoms with Crippen LogP contribution in [0.2, 0.25) is 0 Å². The first-order valence-electron chi connectivity index (χ1n) is 6.56. The van der Waals surface area contributed by atoms with Crippen molar-refractivity contribution in [3.8, 4) is 0 Å². The highest BCUT2D eigenvalue weighted by atomic mass is 16.2. The van der Waals surface area contributed by atoms with E-state index in [4.69, 9.17) is 0 Å². The van der Waals surface area contributed by atoms with Crippen molar-refractivity contribution in [2.45, 2.75) is 31.7 Å². The van der Waals surface area contributed by atoms with E-state index in [-0.39, 0.29) is 5.91 Å². The largest absolute Gasteiger partial charge is 0.361 e. The van der Waals surface area contributed by atoms with Gasteiger partial charge in [0, 0.05) is 36.6 Å². The van der Waals surface area contributed by atoms with Gasteiger partial charge in [0.15, 0.2) is 0 Å². The van der Waals surface area contributed by atoms with Gasteiger partial charge in [0.1, 0.15) is 0 Å². The first kappa shape index (κ1) is 11.3. The Hall–Kier alpha value is -1.77. The number of H-pyrrole nitrogens is 1. The Morgan fingerprint density at radius 2 is 2.17 bits per heavy atom. The number of nitrogens with one attached hydrogen (secondary N) is 1. The molecule has 3 nitrogen and oxygen atoms in total. The number of aromatic nitrogens is 1. The summed E-state index contributed by atoms with van der Waals surface area (Å²) in [6, 6.07) is 8.75. The summed E-state index contributed by atoms with van der Waals surface area (Å²) in [5, 5.41) is 1.24. The molecule has 0 radical (unpaired) electrons. The molecule has 0 aliphatic heterocycles. The van der Waals surface area contributed by atoms with Gasteiger partial charge in [0.2, 0.25) is 5.91 Å². The van der Waals surface area contributed by atoms with E-state index in [9.17, 15) is 4.79 Å². The van der Waals surface area contributed by atoms with E-state index >= 15 is 0 Å². The van der Waals surface area contributed by atoms with Gasteiger partial charge in [-0.2, -0.15) is 0 Å². The van der Waals surface area contributed by atoms with Crippen LogP contribution in [0, 0.1) is 0 Å². The molecule has 1 amide bonds. The molecule has 3 rings (SSSR count). The molecule has 0 unspecified atom stereocenters. The van der Waals surface area contributed by atoms with E-state index < -0.39 is 0 Å². The van der Waals surface area contributed by atoms with Gasteiger partial charge < -0.3 is 9.88 Å². The number of carbonyl (C=O) groups is 1.